The Labute approximate surface area is 56.9 Å². The molecule has 0 aliphatic rings. The van der Waals surface area contributed by atoms with Gasteiger partial charge in [0, 0.05) is 0 Å². The summed E-state index contributed by atoms with van der Waals surface area (Å²) in [4.78, 5) is -2.51. The standard InChI is InChI=1S/C2H3Cl2OPS/c1-2-5-6(3,4)7/h2H,1H2. The molecule has 0 atom stereocenters. The van der Waals surface area contributed by atoms with Crippen LogP contribution in [-0.2, 0) is 16.3 Å². The molecule has 0 unspecified atom stereocenters. The topological polar surface area (TPSA) is 9.23 Å². The molecule has 0 rings (SSSR count). The quantitative estimate of drug-likeness (QED) is 0.473. The maximum absolute atomic E-state index is 5.23. The second-order valence-electron chi connectivity index (χ2n) is 0.687. The van der Waals surface area contributed by atoms with Crippen LogP contribution >= 0.6 is 27.5 Å². The summed E-state index contributed by atoms with van der Waals surface area (Å²) in [6.07, 6.45) is 1.14. The van der Waals surface area contributed by atoms with Gasteiger partial charge in [-0.15, -0.1) is 0 Å². The van der Waals surface area contributed by atoms with E-state index in [0.717, 1.165) is 6.26 Å². The second-order valence-corrected chi connectivity index (χ2v) is 7.85. The van der Waals surface area contributed by atoms with Crippen LogP contribution in [0.15, 0.2) is 12.8 Å². The van der Waals surface area contributed by atoms with E-state index in [1.54, 1.807) is 0 Å². The fourth-order valence-corrected chi connectivity index (χ4v) is 0.781. The van der Waals surface area contributed by atoms with Gasteiger partial charge in [-0.1, -0.05) is 6.58 Å². The fraction of sp³-hybridized carbons (Fsp3) is 0. The predicted molar refractivity (Wildman–Crippen MR) is 37.3 cm³/mol. The molecule has 0 aromatic heterocycles. The Hall–Kier alpha value is 0.770. The molecule has 0 amide bonds. The highest BCUT2D eigenvalue weighted by molar-refractivity contribution is 8.36. The molecule has 0 aliphatic carbocycles. The lowest BCUT2D eigenvalue weighted by Gasteiger charge is -1.99. The smallest absolute Gasteiger partial charge is 0.288 e. The average Bonchev–Trinajstić information content (AvgIpc) is 1.30. The molecule has 0 saturated carbocycles. The maximum atomic E-state index is 5.23. The van der Waals surface area contributed by atoms with Crippen LogP contribution in [0.4, 0.5) is 0 Å². The molecule has 0 saturated heterocycles. The Balaban J connectivity index is 3.57. The first-order valence-electron chi connectivity index (χ1n) is 1.35. The molecule has 0 spiro atoms. The lowest BCUT2D eigenvalue weighted by Crippen LogP contribution is -1.57. The lowest BCUT2D eigenvalue weighted by atomic mass is 11.2. The minimum Gasteiger partial charge on any atom is -0.450 e. The number of halogens is 2. The van der Waals surface area contributed by atoms with Gasteiger partial charge in [-0.25, -0.2) is 0 Å². The lowest BCUT2D eigenvalue weighted by molar-refractivity contribution is 0.557. The molecule has 0 fully saturated rings. The molecule has 0 aromatic rings. The van der Waals surface area contributed by atoms with E-state index in [-0.39, 0.29) is 0 Å². The summed E-state index contributed by atoms with van der Waals surface area (Å²) in [5.41, 5.74) is 0. The molecular formula is C2H3Cl2OPS. The zero-order chi connectivity index (χ0) is 5.91. The van der Waals surface area contributed by atoms with Crippen LogP contribution in [-0.4, -0.2) is 0 Å². The zero-order valence-corrected chi connectivity index (χ0v) is 6.53. The van der Waals surface area contributed by atoms with E-state index in [1.807, 2.05) is 0 Å². The van der Waals surface area contributed by atoms with E-state index >= 15 is 0 Å². The monoisotopic (exact) mass is 176 g/mol. The van der Waals surface area contributed by atoms with Crippen LogP contribution in [0.2, 0.25) is 0 Å². The van der Waals surface area contributed by atoms with Crippen molar-refractivity contribution >= 4 is 39.3 Å². The van der Waals surface area contributed by atoms with E-state index < -0.39 is 4.97 Å². The van der Waals surface area contributed by atoms with Gasteiger partial charge in [0.2, 0.25) is 0 Å². The highest BCUT2D eigenvalue weighted by Gasteiger charge is 2.03. The highest BCUT2D eigenvalue weighted by atomic mass is 35.9. The Morgan fingerprint density at radius 3 is 2.14 bits per heavy atom. The number of hydrogen-bond donors (Lipinski definition) is 0. The summed E-state index contributed by atoms with van der Waals surface area (Å²) >= 11 is 14.9. The molecule has 0 bridgehead atoms. The largest absolute Gasteiger partial charge is 0.450 e. The molecule has 0 radical (unpaired) electrons. The molecule has 7 heavy (non-hydrogen) atoms. The first kappa shape index (κ1) is 7.77. The van der Waals surface area contributed by atoms with Crippen LogP contribution in [0, 0.1) is 0 Å². The fourth-order valence-electron chi connectivity index (χ4n) is 0.0868. The van der Waals surface area contributed by atoms with Gasteiger partial charge in [-0.3, -0.25) is 0 Å². The van der Waals surface area contributed by atoms with Crippen molar-refractivity contribution in [1.82, 2.24) is 0 Å². The van der Waals surface area contributed by atoms with Gasteiger partial charge in [-0.2, -0.15) is 0 Å². The Bertz CT molecular complexity index is 108. The number of hydrogen-bond acceptors (Lipinski definition) is 2. The van der Waals surface area contributed by atoms with Crippen molar-refractivity contribution in [2.45, 2.75) is 0 Å². The molecule has 5 heteroatoms. The van der Waals surface area contributed by atoms with Crippen LogP contribution in [0.5, 0.6) is 0 Å². The van der Waals surface area contributed by atoms with Crippen molar-refractivity contribution in [3.8, 4) is 0 Å². The van der Waals surface area contributed by atoms with Crippen LogP contribution in [0.25, 0.3) is 0 Å². The van der Waals surface area contributed by atoms with Gasteiger partial charge < -0.3 is 4.52 Å². The SMILES string of the molecule is C=COP(=S)(Cl)Cl. The van der Waals surface area contributed by atoms with Crippen molar-refractivity contribution < 1.29 is 4.52 Å². The molecule has 0 N–H and O–H groups in total. The van der Waals surface area contributed by atoms with Gasteiger partial charge in [0.25, 0.3) is 4.97 Å². The Morgan fingerprint density at radius 2 is 2.14 bits per heavy atom. The van der Waals surface area contributed by atoms with E-state index in [0.29, 0.717) is 0 Å². The van der Waals surface area contributed by atoms with E-state index in [4.69, 9.17) is 22.5 Å². The highest BCUT2D eigenvalue weighted by Crippen LogP contribution is 2.58. The molecule has 0 aromatic carbocycles. The molecule has 0 aliphatic heterocycles. The minimum absolute atomic E-state index is 1.14. The molecular weight excluding hydrogens is 174 g/mol. The molecule has 42 valence electrons. The van der Waals surface area contributed by atoms with Crippen LogP contribution < -0.4 is 0 Å². The Morgan fingerprint density at radius 1 is 1.71 bits per heavy atom. The van der Waals surface area contributed by atoms with E-state index in [1.165, 1.54) is 0 Å². The van der Waals surface area contributed by atoms with Crippen molar-refractivity contribution in [2.24, 2.45) is 0 Å². The van der Waals surface area contributed by atoms with Crippen LogP contribution in [0.1, 0.15) is 0 Å². The average molecular weight is 177 g/mol. The van der Waals surface area contributed by atoms with Gasteiger partial charge in [-0.05, 0) is 34.3 Å². The summed E-state index contributed by atoms with van der Waals surface area (Å²) in [6.45, 7) is 3.22. The van der Waals surface area contributed by atoms with Gasteiger partial charge in [0.1, 0.15) is 0 Å². The zero-order valence-electron chi connectivity index (χ0n) is 3.30. The third kappa shape index (κ3) is 6.77. The molecule has 0 heterocycles. The van der Waals surface area contributed by atoms with Crippen molar-refractivity contribution in [1.29, 1.82) is 0 Å². The summed E-state index contributed by atoms with van der Waals surface area (Å²) in [5, 5.41) is 0. The summed E-state index contributed by atoms with van der Waals surface area (Å²) < 4.78 is 4.45. The van der Waals surface area contributed by atoms with Crippen molar-refractivity contribution in [3.63, 3.8) is 0 Å². The van der Waals surface area contributed by atoms with Gasteiger partial charge >= 0.3 is 0 Å². The normalized spacial score (nSPS) is 10.6. The predicted octanol–water partition coefficient (Wildman–Crippen LogP) is 2.85. The first-order valence-corrected chi connectivity index (χ1v) is 5.88. The first-order chi connectivity index (χ1) is 3.06. The van der Waals surface area contributed by atoms with Crippen molar-refractivity contribution in [2.75, 3.05) is 0 Å². The summed E-state index contributed by atoms with van der Waals surface area (Å²) in [7, 11) is 0. The minimum atomic E-state index is -2.51. The number of rotatable bonds is 2. The van der Waals surface area contributed by atoms with Gasteiger partial charge in [0.05, 0.1) is 6.26 Å². The second kappa shape index (κ2) is 2.93. The van der Waals surface area contributed by atoms with Gasteiger partial charge in [0.15, 0.2) is 0 Å². The Kier molecular flexibility index (Phi) is 3.25. The third-order valence-electron chi connectivity index (χ3n) is 0.197. The van der Waals surface area contributed by atoms with E-state index in [2.05, 4.69) is 22.9 Å². The van der Waals surface area contributed by atoms with E-state index in [9.17, 15) is 0 Å². The summed E-state index contributed by atoms with van der Waals surface area (Å²) in [6, 6.07) is 0. The van der Waals surface area contributed by atoms with Crippen LogP contribution in [0.3, 0.4) is 0 Å². The third-order valence-corrected chi connectivity index (χ3v) is 1.33. The summed E-state index contributed by atoms with van der Waals surface area (Å²) in [5.74, 6) is 0. The van der Waals surface area contributed by atoms with Crippen molar-refractivity contribution in [3.05, 3.63) is 12.8 Å². The maximum Gasteiger partial charge on any atom is 0.288 e. The molecule has 1 nitrogen and oxygen atoms in total.